The van der Waals surface area contributed by atoms with Crippen molar-refractivity contribution >= 4 is 15.8 Å². The van der Waals surface area contributed by atoms with Crippen LogP contribution in [-0.4, -0.2) is 43.5 Å². The number of hydrogen-bond donors (Lipinski definition) is 1. The molecule has 0 aromatic carbocycles. The summed E-state index contributed by atoms with van der Waals surface area (Å²) in [5, 5.41) is 0. The lowest BCUT2D eigenvalue weighted by Crippen LogP contribution is -2.43. The van der Waals surface area contributed by atoms with Gasteiger partial charge in [0.05, 0.1) is 6.10 Å². The van der Waals surface area contributed by atoms with E-state index in [2.05, 4.69) is 4.98 Å². The molecule has 0 spiro atoms. The molecule has 2 rings (SSSR count). The molecular weight excluding hydrogens is 266 g/mol. The van der Waals surface area contributed by atoms with E-state index in [-0.39, 0.29) is 16.8 Å². The van der Waals surface area contributed by atoms with Crippen LogP contribution in [0.2, 0.25) is 0 Å². The molecule has 6 nitrogen and oxygen atoms in total. The van der Waals surface area contributed by atoms with Gasteiger partial charge in [-0.05, 0) is 31.9 Å². The van der Waals surface area contributed by atoms with Crippen molar-refractivity contribution in [1.29, 1.82) is 0 Å². The number of nitrogen functional groups attached to an aromatic ring is 1. The molecule has 19 heavy (non-hydrogen) atoms. The molecule has 0 saturated carbocycles. The van der Waals surface area contributed by atoms with Crippen molar-refractivity contribution < 1.29 is 13.2 Å². The van der Waals surface area contributed by atoms with E-state index in [0.717, 1.165) is 12.8 Å². The third-order valence-electron chi connectivity index (χ3n) is 3.16. The number of ether oxygens (including phenoxy) is 1. The third kappa shape index (κ3) is 3.05. The Kier molecular flexibility index (Phi) is 4.38. The minimum absolute atomic E-state index is 0.0357. The zero-order chi connectivity index (χ0) is 13.9. The molecule has 0 bridgehead atoms. The lowest BCUT2D eigenvalue weighted by atomic mass is 10.1. The van der Waals surface area contributed by atoms with Crippen LogP contribution in [0.15, 0.2) is 23.2 Å². The Hall–Kier alpha value is -1.18. The van der Waals surface area contributed by atoms with Crippen LogP contribution >= 0.6 is 0 Å². The third-order valence-corrected chi connectivity index (χ3v) is 5.07. The second-order valence-corrected chi connectivity index (χ2v) is 6.38. The van der Waals surface area contributed by atoms with Crippen LogP contribution in [0.4, 0.5) is 5.82 Å². The highest BCUT2D eigenvalue weighted by molar-refractivity contribution is 7.89. The van der Waals surface area contributed by atoms with E-state index in [1.165, 1.54) is 16.6 Å². The van der Waals surface area contributed by atoms with Gasteiger partial charge in [-0.2, -0.15) is 4.31 Å². The predicted molar refractivity (Wildman–Crippen MR) is 72.1 cm³/mol. The first-order valence-corrected chi connectivity index (χ1v) is 7.82. The summed E-state index contributed by atoms with van der Waals surface area (Å²) in [5.74, 6) is 0.0426. The van der Waals surface area contributed by atoms with Crippen LogP contribution in [-0.2, 0) is 14.8 Å². The molecule has 0 radical (unpaired) electrons. The van der Waals surface area contributed by atoms with Crippen molar-refractivity contribution in [2.24, 2.45) is 0 Å². The van der Waals surface area contributed by atoms with Crippen LogP contribution in [0.25, 0.3) is 0 Å². The Morgan fingerprint density at radius 1 is 1.58 bits per heavy atom. The van der Waals surface area contributed by atoms with Crippen molar-refractivity contribution in [3.63, 3.8) is 0 Å². The summed E-state index contributed by atoms with van der Waals surface area (Å²) >= 11 is 0. The van der Waals surface area contributed by atoms with Gasteiger partial charge < -0.3 is 10.5 Å². The number of nitrogens with two attached hydrogens (primary N) is 1. The van der Waals surface area contributed by atoms with Gasteiger partial charge >= 0.3 is 0 Å². The van der Waals surface area contributed by atoms with Gasteiger partial charge in [-0.15, -0.1) is 0 Å². The quantitative estimate of drug-likeness (QED) is 0.886. The zero-order valence-corrected chi connectivity index (χ0v) is 11.8. The standard InChI is InChI=1S/C12H19N3O3S/c1-2-18-10-5-4-8-15(9-10)19(16,17)11-6-3-7-14-12(11)13/h3,6-7,10H,2,4-5,8-9H2,1H3,(H2,13,14). The molecule has 2 N–H and O–H groups in total. The van der Waals surface area contributed by atoms with E-state index in [1.54, 1.807) is 6.07 Å². The Morgan fingerprint density at radius 2 is 2.37 bits per heavy atom. The fourth-order valence-electron chi connectivity index (χ4n) is 2.26. The van der Waals surface area contributed by atoms with E-state index < -0.39 is 10.0 Å². The number of aromatic nitrogens is 1. The first-order chi connectivity index (χ1) is 9.05. The van der Waals surface area contributed by atoms with Gasteiger partial charge in [0.2, 0.25) is 10.0 Å². The molecule has 106 valence electrons. The maximum Gasteiger partial charge on any atom is 0.246 e. The fraction of sp³-hybridized carbons (Fsp3) is 0.583. The van der Waals surface area contributed by atoms with E-state index in [0.29, 0.717) is 19.7 Å². The number of sulfonamides is 1. The van der Waals surface area contributed by atoms with Crippen LogP contribution in [0.5, 0.6) is 0 Å². The molecule has 1 atom stereocenters. The van der Waals surface area contributed by atoms with E-state index in [9.17, 15) is 8.42 Å². The van der Waals surface area contributed by atoms with Crippen molar-refractivity contribution in [3.8, 4) is 0 Å². The number of nitrogens with zero attached hydrogens (tertiary/aromatic N) is 2. The highest BCUT2D eigenvalue weighted by Gasteiger charge is 2.31. The zero-order valence-electron chi connectivity index (χ0n) is 10.9. The Bertz CT molecular complexity index is 531. The number of pyridine rings is 1. The normalized spacial score (nSPS) is 21.4. The first kappa shape index (κ1) is 14.2. The highest BCUT2D eigenvalue weighted by Crippen LogP contribution is 2.24. The van der Waals surface area contributed by atoms with E-state index in [4.69, 9.17) is 10.5 Å². The number of anilines is 1. The molecular formula is C12H19N3O3S. The Balaban J connectivity index is 2.22. The summed E-state index contributed by atoms with van der Waals surface area (Å²) in [6.07, 6.45) is 3.13. The Labute approximate surface area is 113 Å². The van der Waals surface area contributed by atoms with Gasteiger partial charge in [0.25, 0.3) is 0 Å². The maximum absolute atomic E-state index is 12.5. The van der Waals surface area contributed by atoms with Crippen LogP contribution in [0, 0.1) is 0 Å². The largest absolute Gasteiger partial charge is 0.383 e. The molecule has 1 aromatic rings. The van der Waals surface area contributed by atoms with Gasteiger partial charge in [0, 0.05) is 25.9 Å². The topological polar surface area (TPSA) is 85.5 Å². The molecule has 7 heteroatoms. The summed E-state index contributed by atoms with van der Waals surface area (Å²) in [6.45, 7) is 3.38. The molecule has 2 heterocycles. The van der Waals surface area contributed by atoms with Crippen molar-refractivity contribution in [2.75, 3.05) is 25.4 Å². The second kappa shape index (κ2) is 5.85. The SMILES string of the molecule is CCOC1CCCN(S(=O)(=O)c2cccnc2N)C1. The lowest BCUT2D eigenvalue weighted by molar-refractivity contribution is 0.0265. The van der Waals surface area contributed by atoms with Gasteiger partial charge in [0.1, 0.15) is 10.7 Å². The monoisotopic (exact) mass is 285 g/mol. The van der Waals surface area contributed by atoms with Crippen molar-refractivity contribution in [3.05, 3.63) is 18.3 Å². The average molecular weight is 285 g/mol. The molecule has 1 saturated heterocycles. The molecule has 1 fully saturated rings. The van der Waals surface area contributed by atoms with Crippen molar-refractivity contribution in [2.45, 2.75) is 30.8 Å². The molecule has 1 aliphatic heterocycles. The highest BCUT2D eigenvalue weighted by atomic mass is 32.2. The summed E-state index contributed by atoms with van der Waals surface area (Å²) in [5.41, 5.74) is 5.66. The van der Waals surface area contributed by atoms with Gasteiger partial charge in [-0.3, -0.25) is 0 Å². The summed E-state index contributed by atoms with van der Waals surface area (Å²) in [7, 11) is -3.58. The molecule has 0 aliphatic carbocycles. The van der Waals surface area contributed by atoms with Gasteiger partial charge in [0.15, 0.2) is 0 Å². The van der Waals surface area contributed by atoms with Crippen LogP contribution < -0.4 is 5.73 Å². The summed E-state index contributed by atoms with van der Waals surface area (Å²) < 4.78 is 32.0. The molecule has 1 unspecified atom stereocenters. The molecule has 1 aromatic heterocycles. The number of piperidine rings is 1. The fourth-order valence-corrected chi connectivity index (χ4v) is 3.83. The van der Waals surface area contributed by atoms with Crippen molar-refractivity contribution in [1.82, 2.24) is 9.29 Å². The van der Waals surface area contributed by atoms with Gasteiger partial charge in [-0.25, -0.2) is 13.4 Å². The second-order valence-electron chi connectivity index (χ2n) is 4.47. The first-order valence-electron chi connectivity index (χ1n) is 6.38. The summed E-state index contributed by atoms with van der Waals surface area (Å²) in [4.78, 5) is 3.91. The van der Waals surface area contributed by atoms with E-state index >= 15 is 0 Å². The minimum Gasteiger partial charge on any atom is -0.383 e. The average Bonchev–Trinajstić information content (AvgIpc) is 2.40. The smallest absolute Gasteiger partial charge is 0.246 e. The minimum atomic E-state index is -3.58. The number of rotatable bonds is 4. The van der Waals surface area contributed by atoms with Crippen LogP contribution in [0.3, 0.4) is 0 Å². The lowest BCUT2D eigenvalue weighted by Gasteiger charge is -2.31. The van der Waals surface area contributed by atoms with E-state index in [1.807, 2.05) is 6.92 Å². The van der Waals surface area contributed by atoms with Gasteiger partial charge in [-0.1, -0.05) is 0 Å². The predicted octanol–water partition coefficient (Wildman–Crippen LogP) is 0.853. The Morgan fingerprint density at radius 3 is 3.05 bits per heavy atom. The number of hydrogen-bond acceptors (Lipinski definition) is 5. The molecule has 0 amide bonds. The van der Waals surface area contributed by atoms with Crippen LogP contribution in [0.1, 0.15) is 19.8 Å². The summed E-state index contributed by atoms with van der Waals surface area (Å²) in [6, 6.07) is 3.06. The maximum atomic E-state index is 12.5. The molecule has 1 aliphatic rings.